The van der Waals surface area contributed by atoms with Crippen LogP contribution < -0.4 is 5.32 Å². The molecule has 27 heavy (non-hydrogen) atoms. The Balaban J connectivity index is 2.26. The zero-order valence-corrected chi connectivity index (χ0v) is 17.4. The second-order valence-electron chi connectivity index (χ2n) is 6.35. The molecule has 0 aliphatic rings. The van der Waals surface area contributed by atoms with E-state index in [4.69, 9.17) is 4.74 Å². The number of rotatable bonds is 7. The summed E-state index contributed by atoms with van der Waals surface area (Å²) in [6.45, 7) is 12.7. The number of carbonyl (C=O) groups is 2. The largest absolute Gasteiger partial charge is 0.462 e. The van der Waals surface area contributed by atoms with Crippen molar-refractivity contribution >= 4 is 34.4 Å². The molecule has 0 aliphatic heterocycles. The molecule has 0 spiro atoms. The molecule has 0 aromatic carbocycles. The molecule has 2 rings (SSSR count). The van der Waals surface area contributed by atoms with E-state index in [-0.39, 0.29) is 17.8 Å². The molecular weight excluding hydrogens is 364 g/mol. The Kier molecular flexibility index (Phi) is 6.90. The molecule has 0 radical (unpaired) electrons. The first kappa shape index (κ1) is 20.8. The number of aromatic nitrogens is 3. The van der Waals surface area contributed by atoms with E-state index < -0.39 is 0 Å². The smallest absolute Gasteiger partial charge is 0.340 e. The third-order valence-corrected chi connectivity index (χ3v) is 5.33. The van der Waals surface area contributed by atoms with Crippen molar-refractivity contribution in [3.8, 4) is 0 Å². The van der Waals surface area contributed by atoms with Crippen LogP contribution in [0.4, 0.5) is 5.13 Å². The number of nitrogens with one attached hydrogen (secondary N) is 1. The maximum absolute atomic E-state index is 12.4. The highest BCUT2D eigenvalue weighted by molar-refractivity contribution is 7.15. The minimum atomic E-state index is -0.379. The van der Waals surface area contributed by atoms with Crippen LogP contribution in [0.2, 0.25) is 0 Å². The van der Waals surface area contributed by atoms with Gasteiger partial charge >= 0.3 is 5.97 Å². The number of anilines is 1. The number of hydrogen-bond donors (Lipinski definition) is 1. The molecular formula is C19H26N4O3S. The van der Waals surface area contributed by atoms with E-state index in [0.717, 1.165) is 22.9 Å². The van der Waals surface area contributed by atoms with Crippen molar-refractivity contribution in [2.24, 2.45) is 0 Å². The molecule has 0 unspecified atom stereocenters. The van der Waals surface area contributed by atoms with Gasteiger partial charge in [-0.3, -0.25) is 10.1 Å². The second kappa shape index (κ2) is 8.94. The van der Waals surface area contributed by atoms with Crippen molar-refractivity contribution in [3.63, 3.8) is 0 Å². The Bertz CT molecular complexity index is 865. The first-order valence-corrected chi connectivity index (χ1v) is 9.80. The van der Waals surface area contributed by atoms with E-state index >= 15 is 0 Å². The lowest BCUT2D eigenvalue weighted by Gasteiger charge is -2.05. The van der Waals surface area contributed by atoms with Gasteiger partial charge in [-0.2, -0.15) is 0 Å². The average molecular weight is 391 g/mol. The molecule has 2 aromatic heterocycles. The Labute approximate surface area is 163 Å². The number of ether oxygens (including phenoxy) is 1. The number of esters is 1. The molecule has 0 bridgehead atoms. The summed E-state index contributed by atoms with van der Waals surface area (Å²) in [4.78, 5) is 24.6. The fourth-order valence-corrected chi connectivity index (χ4v) is 3.62. The third kappa shape index (κ3) is 4.63. The molecule has 0 atom stereocenters. The molecule has 0 aliphatic carbocycles. The summed E-state index contributed by atoms with van der Waals surface area (Å²) < 4.78 is 7.22. The van der Waals surface area contributed by atoms with Gasteiger partial charge < -0.3 is 9.30 Å². The molecule has 2 heterocycles. The summed E-state index contributed by atoms with van der Waals surface area (Å²) in [6.07, 6.45) is 3.06. The average Bonchev–Trinajstić information content (AvgIpc) is 3.16. The molecule has 0 saturated heterocycles. The van der Waals surface area contributed by atoms with Crippen LogP contribution in [0.1, 0.15) is 65.9 Å². The zero-order chi connectivity index (χ0) is 20.1. The Hall–Kier alpha value is -2.48. The molecule has 146 valence electrons. The lowest BCUT2D eigenvalue weighted by Crippen LogP contribution is -2.09. The van der Waals surface area contributed by atoms with Gasteiger partial charge in [-0.15, -0.1) is 10.2 Å². The van der Waals surface area contributed by atoms with Gasteiger partial charge in [0.25, 0.3) is 0 Å². The fourth-order valence-electron chi connectivity index (χ4n) is 2.87. The number of carbonyl (C=O) groups excluding carboxylic acids is 2. The van der Waals surface area contributed by atoms with Crippen molar-refractivity contribution in [3.05, 3.63) is 33.6 Å². The first-order valence-electron chi connectivity index (χ1n) is 8.99. The van der Waals surface area contributed by atoms with Gasteiger partial charge in [-0.05, 0) is 33.8 Å². The molecule has 2 aromatic rings. The predicted octanol–water partition coefficient (Wildman–Crippen LogP) is 3.93. The van der Waals surface area contributed by atoms with E-state index in [1.54, 1.807) is 13.0 Å². The van der Waals surface area contributed by atoms with Gasteiger partial charge in [0.1, 0.15) is 5.01 Å². The van der Waals surface area contributed by atoms with E-state index in [1.807, 2.05) is 39.2 Å². The Morgan fingerprint density at radius 2 is 1.93 bits per heavy atom. The van der Waals surface area contributed by atoms with E-state index in [9.17, 15) is 9.59 Å². The summed E-state index contributed by atoms with van der Waals surface area (Å²) in [5, 5.41) is 12.1. The number of amides is 1. The minimum Gasteiger partial charge on any atom is -0.462 e. The fraction of sp³-hybridized carbons (Fsp3) is 0.474. The highest BCUT2D eigenvalue weighted by Gasteiger charge is 2.22. The van der Waals surface area contributed by atoms with Crippen molar-refractivity contribution < 1.29 is 14.3 Å². The minimum absolute atomic E-state index is 0.260. The summed E-state index contributed by atoms with van der Waals surface area (Å²) in [7, 11) is 0. The maximum atomic E-state index is 12.4. The Morgan fingerprint density at radius 1 is 1.22 bits per heavy atom. The quantitative estimate of drug-likeness (QED) is 0.572. The van der Waals surface area contributed by atoms with Crippen LogP contribution in [0, 0.1) is 13.8 Å². The maximum Gasteiger partial charge on any atom is 0.340 e. The summed E-state index contributed by atoms with van der Waals surface area (Å²) in [5.41, 5.74) is 2.95. The van der Waals surface area contributed by atoms with Gasteiger partial charge in [0.15, 0.2) is 0 Å². The van der Waals surface area contributed by atoms with E-state index in [0.29, 0.717) is 22.9 Å². The topological polar surface area (TPSA) is 86.1 Å². The monoisotopic (exact) mass is 390 g/mol. The van der Waals surface area contributed by atoms with Gasteiger partial charge in [0.2, 0.25) is 11.0 Å². The molecule has 0 fully saturated rings. The molecule has 1 amide bonds. The van der Waals surface area contributed by atoms with Crippen molar-refractivity contribution in [1.82, 2.24) is 14.8 Å². The molecule has 7 nitrogen and oxygen atoms in total. The van der Waals surface area contributed by atoms with Crippen molar-refractivity contribution in [2.45, 2.75) is 54.0 Å². The second-order valence-corrected chi connectivity index (χ2v) is 7.36. The van der Waals surface area contributed by atoms with Crippen molar-refractivity contribution in [1.29, 1.82) is 0 Å². The van der Waals surface area contributed by atoms with Crippen LogP contribution in [0.15, 0.2) is 6.08 Å². The van der Waals surface area contributed by atoms with Crippen LogP contribution in [0.3, 0.4) is 0 Å². The van der Waals surface area contributed by atoms with Gasteiger partial charge in [-0.1, -0.05) is 25.2 Å². The van der Waals surface area contributed by atoms with Crippen LogP contribution in [0.25, 0.3) is 6.08 Å². The Morgan fingerprint density at radius 3 is 2.48 bits per heavy atom. The van der Waals surface area contributed by atoms with Crippen LogP contribution in [-0.2, 0) is 16.1 Å². The first-order chi connectivity index (χ1) is 12.8. The lowest BCUT2D eigenvalue weighted by atomic mass is 10.1. The van der Waals surface area contributed by atoms with E-state index in [1.165, 1.54) is 17.4 Å². The van der Waals surface area contributed by atoms with Crippen LogP contribution in [0.5, 0.6) is 0 Å². The molecule has 0 saturated carbocycles. The standard InChI is InChI=1S/C19H26N4O3S/c1-7-23-12(5)14(16(13(23)6)18(25)26-8-2)9-10-15(24)20-19-22-21-17(27-19)11(3)4/h9-11H,7-8H2,1-6H3,(H,20,22,24). The molecule has 1 N–H and O–H groups in total. The SMILES string of the molecule is CCOC(=O)c1c(C=CC(=O)Nc2nnc(C(C)C)s2)c(C)n(CC)c1C. The number of nitrogens with zero attached hydrogens (tertiary/aromatic N) is 3. The van der Waals surface area contributed by atoms with Gasteiger partial charge in [0, 0.05) is 35.5 Å². The third-order valence-electron chi connectivity index (χ3n) is 4.19. The summed E-state index contributed by atoms with van der Waals surface area (Å²) in [5.74, 6) is -0.441. The predicted molar refractivity (Wildman–Crippen MR) is 107 cm³/mol. The lowest BCUT2D eigenvalue weighted by molar-refractivity contribution is -0.111. The summed E-state index contributed by atoms with van der Waals surface area (Å²) in [6, 6.07) is 0. The van der Waals surface area contributed by atoms with Crippen LogP contribution >= 0.6 is 11.3 Å². The van der Waals surface area contributed by atoms with E-state index in [2.05, 4.69) is 15.5 Å². The highest BCUT2D eigenvalue weighted by Crippen LogP contribution is 2.25. The van der Waals surface area contributed by atoms with Gasteiger partial charge in [-0.25, -0.2) is 4.79 Å². The zero-order valence-electron chi connectivity index (χ0n) is 16.6. The number of hydrogen-bond acceptors (Lipinski definition) is 6. The highest BCUT2D eigenvalue weighted by atomic mass is 32.1. The normalized spacial score (nSPS) is 11.4. The van der Waals surface area contributed by atoms with Crippen LogP contribution in [-0.4, -0.2) is 33.2 Å². The summed E-state index contributed by atoms with van der Waals surface area (Å²) >= 11 is 1.35. The molecule has 8 heteroatoms. The van der Waals surface area contributed by atoms with Gasteiger partial charge in [0.05, 0.1) is 12.2 Å². The van der Waals surface area contributed by atoms with Crippen molar-refractivity contribution in [2.75, 3.05) is 11.9 Å².